The Hall–Kier alpha value is -2.49. The number of nitrogens with zero attached hydrogens (tertiary/aromatic N) is 3. The van der Waals surface area contributed by atoms with E-state index in [0.717, 1.165) is 31.0 Å². The van der Waals surface area contributed by atoms with Gasteiger partial charge in [0, 0.05) is 25.4 Å². The maximum atomic E-state index is 13.2. The van der Waals surface area contributed by atoms with Crippen molar-refractivity contribution >= 4 is 64.9 Å². The lowest BCUT2D eigenvalue weighted by Crippen LogP contribution is -2.22. The summed E-state index contributed by atoms with van der Waals surface area (Å²) in [6.07, 6.45) is 3.11. The molecule has 0 N–H and O–H groups in total. The number of fused-ring (bicyclic) bond motifs is 1. The summed E-state index contributed by atoms with van der Waals surface area (Å²) in [6.45, 7) is 2.42. The van der Waals surface area contributed by atoms with Crippen LogP contribution in [0.2, 0.25) is 0 Å². The van der Waals surface area contributed by atoms with E-state index >= 15 is 0 Å². The number of ether oxygens (including phenoxy) is 2. The normalized spacial score (nSPS) is 11.3. The molecule has 0 amide bonds. The highest BCUT2D eigenvalue weighted by Crippen LogP contribution is 2.30. The molecule has 0 aliphatic rings. The zero-order valence-electron chi connectivity index (χ0n) is 19.1. The largest absolute Gasteiger partial charge is 0.493 e. The first-order valence-electron chi connectivity index (χ1n) is 10.9. The van der Waals surface area contributed by atoms with Crippen molar-refractivity contribution in [1.82, 2.24) is 9.66 Å². The molecule has 0 aliphatic carbocycles. The molecule has 3 aromatic carbocycles. The summed E-state index contributed by atoms with van der Waals surface area (Å²) in [5, 5.41) is 5.00. The van der Waals surface area contributed by atoms with Gasteiger partial charge in [-0.15, -0.1) is 0 Å². The number of halogens is 3. The number of benzene rings is 3. The third-order valence-corrected chi connectivity index (χ3v) is 6.98. The minimum atomic E-state index is -0.206. The highest BCUT2D eigenvalue weighted by molar-refractivity contribution is 9.11. The summed E-state index contributed by atoms with van der Waals surface area (Å²) >= 11 is 10.4. The first-order valence-corrected chi connectivity index (χ1v) is 13.3. The van der Waals surface area contributed by atoms with Crippen molar-refractivity contribution in [2.24, 2.45) is 5.10 Å². The molecule has 1 aromatic heterocycles. The van der Waals surface area contributed by atoms with Gasteiger partial charge in [-0.3, -0.25) is 4.79 Å². The molecule has 0 aliphatic heterocycles. The lowest BCUT2D eigenvalue weighted by molar-refractivity contribution is 0.284. The van der Waals surface area contributed by atoms with Crippen LogP contribution in [0.1, 0.15) is 30.3 Å². The van der Waals surface area contributed by atoms with Gasteiger partial charge in [-0.2, -0.15) is 9.78 Å². The van der Waals surface area contributed by atoms with Crippen molar-refractivity contribution in [2.45, 2.75) is 26.4 Å². The monoisotopic (exact) mass is 661 g/mol. The van der Waals surface area contributed by atoms with Crippen molar-refractivity contribution in [3.05, 3.63) is 95.3 Å². The molecular weight excluding hydrogens is 642 g/mol. The van der Waals surface area contributed by atoms with Crippen LogP contribution in [0.25, 0.3) is 10.9 Å². The molecule has 0 unspecified atom stereocenters. The summed E-state index contributed by atoms with van der Waals surface area (Å²) in [4.78, 5) is 17.8. The van der Waals surface area contributed by atoms with Gasteiger partial charge in [-0.1, -0.05) is 60.8 Å². The van der Waals surface area contributed by atoms with E-state index in [-0.39, 0.29) is 5.56 Å². The number of rotatable bonds is 8. The zero-order valence-corrected chi connectivity index (χ0v) is 23.9. The first kappa shape index (κ1) is 25.6. The topological polar surface area (TPSA) is 65.7 Å². The maximum absolute atomic E-state index is 13.2. The fourth-order valence-corrected chi connectivity index (χ4v) is 5.02. The van der Waals surface area contributed by atoms with E-state index in [0.29, 0.717) is 41.3 Å². The number of aryl methyl sites for hydroxylation is 1. The minimum Gasteiger partial charge on any atom is -0.493 e. The van der Waals surface area contributed by atoms with Crippen molar-refractivity contribution in [3.8, 4) is 11.5 Å². The number of methoxy groups -OCH3 is 1. The lowest BCUT2D eigenvalue weighted by atomic mass is 10.2. The first-order chi connectivity index (χ1) is 16.9. The van der Waals surface area contributed by atoms with Gasteiger partial charge in [-0.25, -0.2) is 4.98 Å². The summed E-state index contributed by atoms with van der Waals surface area (Å²) in [5.74, 6) is 1.81. The molecule has 6 nitrogen and oxygen atoms in total. The summed E-state index contributed by atoms with van der Waals surface area (Å²) in [7, 11) is 1.59. The molecule has 9 heteroatoms. The second-order valence-electron chi connectivity index (χ2n) is 7.74. The van der Waals surface area contributed by atoms with E-state index in [9.17, 15) is 4.79 Å². The molecule has 4 rings (SSSR count). The number of hydrogen-bond acceptors (Lipinski definition) is 5. The second-order valence-corrected chi connectivity index (χ2v) is 10.4. The molecule has 0 saturated heterocycles. The van der Waals surface area contributed by atoms with Crippen molar-refractivity contribution in [3.63, 3.8) is 0 Å². The van der Waals surface area contributed by atoms with Gasteiger partial charge in [-0.05, 0) is 60.5 Å². The van der Waals surface area contributed by atoms with Crippen molar-refractivity contribution in [1.29, 1.82) is 0 Å². The average molecular weight is 664 g/mol. The molecule has 0 atom stereocenters. The van der Waals surface area contributed by atoms with Crippen LogP contribution < -0.4 is 15.0 Å². The lowest BCUT2D eigenvalue weighted by Gasteiger charge is -2.12. The highest BCUT2D eigenvalue weighted by atomic mass is 79.9. The van der Waals surface area contributed by atoms with Crippen LogP contribution in [-0.4, -0.2) is 23.0 Å². The van der Waals surface area contributed by atoms with E-state index in [4.69, 9.17) is 9.47 Å². The molecule has 35 heavy (non-hydrogen) atoms. The van der Waals surface area contributed by atoms with Crippen LogP contribution in [0.5, 0.6) is 11.5 Å². The number of aromatic nitrogens is 2. The molecular formula is C26H22Br3N3O3. The predicted octanol–water partition coefficient (Wildman–Crippen LogP) is 7.11. The molecule has 4 aromatic rings. The molecule has 0 spiro atoms. The Kier molecular flexibility index (Phi) is 8.41. The van der Waals surface area contributed by atoms with Crippen LogP contribution in [0.3, 0.4) is 0 Å². The quantitative estimate of drug-likeness (QED) is 0.189. The van der Waals surface area contributed by atoms with E-state index in [1.807, 2.05) is 55.5 Å². The fourth-order valence-electron chi connectivity index (χ4n) is 3.50. The van der Waals surface area contributed by atoms with Crippen molar-refractivity contribution in [2.75, 3.05) is 7.11 Å². The van der Waals surface area contributed by atoms with Gasteiger partial charge < -0.3 is 9.47 Å². The summed E-state index contributed by atoms with van der Waals surface area (Å²) in [5.41, 5.74) is 2.23. The van der Waals surface area contributed by atoms with Crippen LogP contribution >= 0.6 is 47.8 Å². The second kappa shape index (κ2) is 11.5. The number of hydrogen-bond donors (Lipinski definition) is 0. The maximum Gasteiger partial charge on any atom is 0.282 e. The van der Waals surface area contributed by atoms with Crippen LogP contribution in [-0.2, 0) is 13.0 Å². The van der Waals surface area contributed by atoms with Crippen LogP contribution in [0, 0.1) is 0 Å². The Morgan fingerprint density at radius 2 is 1.77 bits per heavy atom. The smallest absolute Gasteiger partial charge is 0.282 e. The molecule has 0 radical (unpaired) electrons. The minimum absolute atomic E-state index is 0.206. The van der Waals surface area contributed by atoms with Gasteiger partial charge in [0.05, 0.1) is 24.2 Å². The van der Waals surface area contributed by atoms with Crippen LogP contribution in [0.4, 0.5) is 0 Å². The van der Waals surface area contributed by atoms with E-state index < -0.39 is 0 Å². The third kappa shape index (κ3) is 6.02. The molecule has 1 heterocycles. The van der Waals surface area contributed by atoms with Crippen LogP contribution in [0.15, 0.2) is 77.9 Å². The van der Waals surface area contributed by atoms with E-state index in [1.165, 1.54) is 4.68 Å². The predicted molar refractivity (Wildman–Crippen MR) is 150 cm³/mol. The van der Waals surface area contributed by atoms with Crippen molar-refractivity contribution < 1.29 is 9.47 Å². The Balaban J connectivity index is 1.62. The highest BCUT2D eigenvalue weighted by Gasteiger charge is 2.11. The Morgan fingerprint density at radius 3 is 2.51 bits per heavy atom. The Labute approximate surface area is 228 Å². The Morgan fingerprint density at radius 1 is 1.00 bits per heavy atom. The van der Waals surface area contributed by atoms with E-state index in [2.05, 4.69) is 57.9 Å². The molecule has 0 saturated carbocycles. The third-order valence-electron chi connectivity index (χ3n) is 5.26. The van der Waals surface area contributed by atoms with Gasteiger partial charge in [0.15, 0.2) is 11.5 Å². The molecule has 0 bridgehead atoms. The Bertz CT molecular complexity index is 1470. The van der Waals surface area contributed by atoms with Gasteiger partial charge in [0.25, 0.3) is 5.56 Å². The van der Waals surface area contributed by atoms with Gasteiger partial charge in [0.2, 0.25) is 0 Å². The average Bonchev–Trinajstić information content (AvgIpc) is 2.84. The molecule has 0 fully saturated rings. The van der Waals surface area contributed by atoms with Gasteiger partial charge >= 0.3 is 0 Å². The summed E-state index contributed by atoms with van der Waals surface area (Å²) < 4.78 is 15.7. The zero-order chi connectivity index (χ0) is 24.9. The molecule has 180 valence electrons. The summed E-state index contributed by atoms with van der Waals surface area (Å²) in [6, 6.07) is 16.9. The van der Waals surface area contributed by atoms with Gasteiger partial charge in [0.1, 0.15) is 12.4 Å². The fraction of sp³-hybridized carbons (Fsp3) is 0.192. The van der Waals surface area contributed by atoms with E-state index in [1.54, 1.807) is 19.4 Å². The standard InChI is InChI=1S/C26H22Br3N3O3/c1-3-4-25-31-22-9-8-18(27)12-20(22)26(33)32(25)30-14-16-5-10-23(24(11-16)34-2)35-15-17-6-7-19(28)13-21(17)29/h5-14H,3-4,15H2,1-2H3. The SMILES string of the molecule is CCCc1nc2ccc(Br)cc2c(=O)n1N=Cc1ccc(OCc2ccc(Br)cc2Br)c(OC)c1.